The molecule has 0 unspecified atom stereocenters. The average molecular weight is 291 g/mol. The zero-order valence-electron chi connectivity index (χ0n) is 12.5. The molecule has 1 aromatic heterocycles. The van der Waals surface area contributed by atoms with E-state index < -0.39 is 0 Å². The van der Waals surface area contributed by atoms with Gasteiger partial charge in [0.25, 0.3) is 0 Å². The van der Waals surface area contributed by atoms with Crippen LogP contribution in [-0.2, 0) is 0 Å². The highest BCUT2D eigenvalue weighted by atomic mass is 32.1. The Hall–Kier alpha value is -1.16. The Morgan fingerprint density at radius 1 is 1.45 bits per heavy atom. The van der Waals surface area contributed by atoms with Crippen LogP contribution in [0.2, 0.25) is 0 Å². The van der Waals surface area contributed by atoms with Crippen molar-refractivity contribution in [3.63, 3.8) is 0 Å². The number of aromatic nitrogens is 1. The molecule has 0 aliphatic heterocycles. The van der Waals surface area contributed by atoms with Crippen molar-refractivity contribution in [2.24, 2.45) is 11.7 Å². The zero-order chi connectivity index (χ0) is 14.5. The second-order valence-electron chi connectivity index (χ2n) is 6.08. The van der Waals surface area contributed by atoms with Crippen molar-refractivity contribution in [2.75, 3.05) is 11.4 Å². The maximum atomic E-state index is 5.74. The summed E-state index contributed by atoms with van der Waals surface area (Å²) in [5, 5.41) is 0. The summed E-state index contributed by atoms with van der Waals surface area (Å²) in [6.07, 6.45) is 8.22. The van der Waals surface area contributed by atoms with Gasteiger partial charge in [-0.3, -0.25) is 0 Å². The van der Waals surface area contributed by atoms with Gasteiger partial charge in [-0.15, -0.1) is 0 Å². The summed E-state index contributed by atoms with van der Waals surface area (Å²) < 4.78 is 0. The largest absolute Gasteiger partial charge is 0.389 e. The summed E-state index contributed by atoms with van der Waals surface area (Å²) in [6, 6.07) is 4.56. The van der Waals surface area contributed by atoms with E-state index in [9.17, 15) is 0 Å². The van der Waals surface area contributed by atoms with Gasteiger partial charge in [0.2, 0.25) is 0 Å². The van der Waals surface area contributed by atoms with Crippen LogP contribution < -0.4 is 10.6 Å². The summed E-state index contributed by atoms with van der Waals surface area (Å²) in [7, 11) is 0. The van der Waals surface area contributed by atoms with Crippen molar-refractivity contribution in [1.82, 2.24) is 4.98 Å². The molecule has 1 fully saturated rings. The summed E-state index contributed by atoms with van der Waals surface area (Å²) in [4.78, 5) is 7.47. The fourth-order valence-corrected chi connectivity index (χ4v) is 2.95. The van der Waals surface area contributed by atoms with Gasteiger partial charge < -0.3 is 10.6 Å². The molecule has 0 atom stereocenters. The van der Waals surface area contributed by atoms with Gasteiger partial charge in [0.05, 0.1) is 0 Å². The molecule has 4 heteroatoms. The van der Waals surface area contributed by atoms with E-state index in [0.717, 1.165) is 17.9 Å². The van der Waals surface area contributed by atoms with Gasteiger partial charge in [-0.05, 0) is 37.3 Å². The zero-order valence-corrected chi connectivity index (χ0v) is 13.3. The van der Waals surface area contributed by atoms with Crippen molar-refractivity contribution in [1.29, 1.82) is 0 Å². The monoisotopic (exact) mass is 291 g/mol. The molecule has 1 aliphatic carbocycles. The van der Waals surface area contributed by atoms with Crippen LogP contribution in [0.15, 0.2) is 18.3 Å². The maximum Gasteiger partial charge on any atom is 0.129 e. The van der Waals surface area contributed by atoms with Crippen LogP contribution in [0.25, 0.3) is 0 Å². The lowest BCUT2D eigenvalue weighted by Gasteiger charge is -2.31. The highest BCUT2D eigenvalue weighted by Crippen LogP contribution is 2.28. The van der Waals surface area contributed by atoms with Crippen LogP contribution >= 0.6 is 12.2 Å². The van der Waals surface area contributed by atoms with Crippen molar-refractivity contribution in [3.05, 3.63) is 23.9 Å². The smallest absolute Gasteiger partial charge is 0.129 e. The number of hydrogen-bond donors (Lipinski definition) is 1. The normalized spacial score (nSPS) is 15.8. The SMILES string of the molecule is CC(C)CCN(c1cc(C(N)=S)ccn1)C1CCCC1. The van der Waals surface area contributed by atoms with Crippen LogP contribution in [0.3, 0.4) is 0 Å². The lowest BCUT2D eigenvalue weighted by Crippen LogP contribution is -2.35. The standard InChI is InChI=1S/C16H25N3S/c1-12(2)8-10-19(14-5-3-4-6-14)15-11-13(16(17)20)7-9-18-15/h7,9,11-12,14H,3-6,8,10H2,1-2H3,(H2,17,20). The van der Waals surface area contributed by atoms with E-state index >= 15 is 0 Å². The summed E-state index contributed by atoms with van der Waals surface area (Å²) in [6.45, 7) is 5.60. The second-order valence-corrected chi connectivity index (χ2v) is 6.52. The first-order chi connectivity index (χ1) is 9.58. The van der Waals surface area contributed by atoms with Crippen LogP contribution in [0.1, 0.15) is 51.5 Å². The average Bonchev–Trinajstić information content (AvgIpc) is 2.93. The topological polar surface area (TPSA) is 42.1 Å². The Bertz CT molecular complexity index is 453. The molecule has 1 saturated carbocycles. The molecule has 2 N–H and O–H groups in total. The highest BCUT2D eigenvalue weighted by molar-refractivity contribution is 7.80. The Morgan fingerprint density at radius 2 is 2.15 bits per heavy atom. The molecule has 0 bridgehead atoms. The fourth-order valence-electron chi connectivity index (χ4n) is 2.83. The van der Waals surface area contributed by atoms with Gasteiger partial charge in [-0.25, -0.2) is 4.98 Å². The number of nitrogens with zero attached hydrogens (tertiary/aromatic N) is 2. The number of thiocarbonyl (C=S) groups is 1. The van der Waals surface area contributed by atoms with Crippen molar-refractivity contribution >= 4 is 23.0 Å². The summed E-state index contributed by atoms with van der Waals surface area (Å²) in [5.74, 6) is 1.74. The van der Waals surface area contributed by atoms with Crippen LogP contribution in [-0.4, -0.2) is 22.6 Å². The van der Waals surface area contributed by atoms with E-state index in [1.54, 1.807) is 0 Å². The molecule has 1 heterocycles. The van der Waals surface area contributed by atoms with E-state index in [2.05, 4.69) is 23.7 Å². The van der Waals surface area contributed by atoms with Crippen molar-refractivity contribution in [2.45, 2.75) is 52.0 Å². The van der Waals surface area contributed by atoms with Gasteiger partial charge in [0.15, 0.2) is 0 Å². The van der Waals surface area contributed by atoms with E-state index in [1.165, 1.54) is 32.1 Å². The van der Waals surface area contributed by atoms with Crippen LogP contribution in [0, 0.1) is 5.92 Å². The molecular formula is C16H25N3S. The molecule has 1 aromatic rings. The minimum absolute atomic E-state index is 0.448. The Morgan fingerprint density at radius 3 is 2.75 bits per heavy atom. The van der Waals surface area contributed by atoms with Crippen LogP contribution in [0.5, 0.6) is 0 Å². The van der Waals surface area contributed by atoms with Gasteiger partial charge in [-0.2, -0.15) is 0 Å². The molecule has 110 valence electrons. The van der Waals surface area contributed by atoms with E-state index in [1.807, 2.05) is 18.3 Å². The first kappa shape index (κ1) is 15.2. The number of hydrogen-bond acceptors (Lipinski definition) is 3. The first-order valence-electron chi connectivity index (χ1n) is 7.60. The van der Waals surface area contributed by atoms with Gasteiger partial charge in [-0.1, -0.05) is 38.9 Å². The second kappa shape index (κ2) is 7.02. The Labute approximate surface area is 127 Å². The molecular weight excluding hydrogens is 266 g/mol. The van der Waals surface area contributed by atoms with Gasteiger partial charge in [0.1, 0.15) is 10.8 Å². The number of pyridine rings is 1. The highest BCUT2D eigenvalue weighted by Gasteiger charge is 2.23. The van der Waals surface area contributed by atoms with Crippen LogP contribution in [0.4, 0.5) is 5.82 Å². The third kappa shape index (κ3) is 3.92. The minimum Gasteiger partial charge on any atom is -0.389 e. The predicted octanol–water partition coefficient (Wildman–Crippen LogP) is 3.51. The predicted molar refractivity (Wildman–Crippen MR) is 89.2 cm³/mol. The molecule has 0 spiro atoms. The molecule has 20 heavy (non-hydrogen) atoms. The molecule has 1 aliphatic rings. The van der Waals surface area contributed by atoms with E-state index in [0.29, 0.717) is 16.9 Å². The number of nitrogens with two attached hydrogens (primary N) is 1. The third-order valence-electron chi connectivity index (χ3n) is 4.04. The van der Waals surface area contributed by atoms with Gasteiger partial charge >= 0.3 is 0 Å². The first-order valence-corrected chi connectivity index (χ1v) is 8.01. The lowest BCUT2D eigenvalue weighted by atomic mass is 10.1. The molecule has 2 rings (SSSR count). The van der Waals surface area contributed by atoms with Crippen molar-refractivity contribution in [3.8, 4) is 0 Å². The number of anilines is 1. The summed E-state index contributed by atoms with van der Waals surface area (Å²) >= 11 is 5.08. The lowest BCUT2D eigenvalue weighted by molar-refractivity contribution is 0.525. The van der Waals surface area contributed by atoms with Gasteiger partial charge in [0, 0.05) is 24.3 Å². The van der Waals surface area contributed by atoms with Crippen molar-refractivity contribution < 1.29 is 0 Å². The molecule has 0 saturated heterocycles. The molecule has 3 nitrogen and oxygen atoms in total. The quantitative estimate of drug-likeness (QED) is 0.814. The molecule has 0 aromatic carbocycles. The molecule has 0 radical (unpaired) electrons. The number of rotatable bonds is 6. The van der Waals surface area contributed by atoms with E-state index in [-0.39, 0.29) is 0 Å². The Kier molecular flexibility index (Phi) is 5.35. The minimum atomic E-state index is 0.448. The summed E-state index contributed by atoms with van der Waals surface area (Å²) in [5.41, 5.74) is 6.66. The third-order valence-corrected chi connectivity index (χ3v) is 4.27. The van der Waals surface area contributed by atoms with E-state index in [4.69, 9.17) is 18.0 Å². The Balaban J connectivity index is 2.20. The maximum absolute atomic E-state index is 5.74. The molecule has 0 amide bonds. The fraction of sp³-hybridized carbons (Fsp3) is 0.625.